The number of nitrogens with zero attached hydrogens (tertiary/aromatic N) is 3. The molecule has 2 N–H and O–H groups in total. The molecule has 2 aromatic rings. The molecule has 6 nitrogen and oxygen atoms in total. The van der Waals surface area contributed by atoms with Gasteiger partial charge in [-0.2, -0.15) is 5.26 Å². The quantitative estimate of drug-likeness (QED) is 0.738. The van der Waals surface area contributed by atoms with Gasteiger partial charge in [0.2, 0.25) is 5.91 Å². The topological polar surface area (TPSA) is 71.4 Å². The van der Waals surface area contributed by atoms with E-state index in [0.29, 0.717) is 17.5 Å². The summed E-state index contributed by atoms with van der Waals surface area (Å²) in [5.74, 6) is 0.957. The number of hydrogen-bond acceptors (Lipinski definition) is 5. The number of nitrogens with one attached hydrogen (secondary N) is 2. The Balaban J connectivity index is 1.56. The molecule has 2 fully saturated rings. The van der Waals surface area contributed by atoms with Gasteiger partial charge < -0.3 is 20.4 Å². The zero-order valence-electron chi connectivity index (χ0n) is 19.7. The lowest BCUT2D eigenvalue weighted by Gasteiger charge is -2.46. The van der Waals surface area contributed by atoms with Crippen LogP contribution in [-0.2, 0) is 4.79 Å². The van der Waals surface area contributed by atoms with Gasteiger partial charge in [0.05, 0.1) is 17.7 Å². The summed E-state index contributed by atoms with van der Waals surface area (Å²) in [7, 11) is 0. The Morgan fingerprint density at radius 3 is 2.55 bits per heavy atom. The van der Waals surface area contributed by atoms with E-state index in [1.807, 2.05) is 24.3 Å². The van der Waals surface area contributed by atoms with Crippen molar-refractivity contribution in [3.63, 3.8) is 0 Å². The second-order valence-electron chi connectivity index (χ2n) is 9.93. The first-order chi connectivity index (χ1) is 16.0. The van der Waals surface area contributed by atoms with Crippen molar-refractivity contribution in [2.24, 2.45) is 11.8 Å². The van der Waals surface area contributed by atoms with Crippen molar-refractivity contribution in [2.45, 2.75) is 51.7 Å². The third-order valence-corrected chi connectivity index (χ3v) is 7.48. The molecule has 4 atom stereocenters. The number of rotatable bonds is 4. The van der Waals surface area contributed by atoms with Crippen molar-refractivity contribution in [3.05, 3.63) is 53.6 Å². The SMILES string of the molecule is CC(=O)N1c2ccc(N3CCN[C@H](C)C3)cc2C(Nc2ccc(C#N)cc2)C(C)C1C1CC1. The summed E-state index contributed by atoms with van der Waals surface area (Å²) in [5.41, 5.74) is 5.10. The van der Waals surface area contributed by atoms with Crippen molar-refractivity contribution < 1.29 is 4.79 Å². The summed E-state index contributed by atoms with van der Waals surface area (Å²) < 4.78 is 0. The molecule has 1 amide bonds. The Morgan fingerprint density at radius 1 is 1.15 bits per heavy atom. The van der Waals surface area contributed by atoms with Crippen LogP contribution in [0.1, 0.15) is 50.8 Å². The van der Waals surface area contributed by atoms with Crippen LogP contribution in [0.25, 0.3) is 0 Å². The van der Waals surface area contributed by atoms with E-state index in [9.17, 15) is 4.79 Å². The van der Waals surface area contributed by atoms with Crippen LogP contribution in [-0.4, -0.2) is 37.6 Å². The average Bonchev–Trinajstić information content (AvgIpc) is 3.65. The minimum Gasteiger partial charge on any atom is -0.378 e. The van der Waals surface area contributed by atoms with Crippen LogP contribution in [0.3, 0.4) is 0 Å². The van der Waals surface area contributed by atoms with Crippen LogP contribution in [0.2, 0.25) is 0 Å². The number of hydrogen-bond donors (Lipinski definition) is 2. The fourth-order valence-corrected chi connectivity index (χ4v) is 5.74. The molecule has 0 radical (unpaired) electrons. The van der Waals surface area contributed by atoms with E-state index in [4.69, 9.17) is 5.26 Å². The van der Waals surface area contributed by atoms with Crippen LogP contribution >= 0.6 is 0 Å². The highest BCUT2D eigenvalue weighted by molar-refractivity contribution is 5.94. The van der Waals surface area contributed by atoms with Gasteiger partial charge in [-0.25, -0.2) is 0 Å². The molecule has 0 bridgehead atoms. The zero-order chi connectivity index (χ0) is 23.1. The van der Waals surface area contributed by atoms with Gasteiger partial charge in [0.25, 0.3) is 0 Å². The van der Waals surface area contributed by atoms with Crippen molar-refractivity contribution in [1.29, 1.82) is 5.26 Å². The molecular weight excluding hydrogens is 410 g/mol. The number of nitriles is 1. The van der Waals surface area contributed by atoms with Gasteiger partial charge in [0.1, 0.15) is 0 Å². The van der Waals surface area contributed by atoms with Gasteiger partial charge in [-0.3, -0.25) is 4.79 Å². The van der Waals surface area contributed by atoms with E-state index in [-0.39, 0.29) is 23.9 Å². The Labute approximate surface area is 196 Å². The molecular formula is C27H33N5O. The number of amides is 1. The lowest BCUT2D eigenvalue weighted by atomic mass is 9.79. The largest absolute Gasteiger partial charge is 0.378 e. The molecule has 1 saturated carbocycles. The highest BCUT2D eigenvalue weighted by Crippen LogP contribution is 2.50. The van der Waals surface area contributed by atoms with Gasteiger partial charge in [0, 0.05) is 67.2 Å². The lowest BCUT2D eigenvalue weighted by molar-refractivity contribution is -0.117. The summed E-state index contributed by atoms with van der Waals surface area (Å²) in [6.45, 7) is 9.14. The van der Waals surface area contributed by atoms with Gasteiger partial charge in [-0.05, 0) is 68.1 Å². The van der Waals surface area contributed by atoms with Crippen molar-refractivity contribution in [1.82, 2.24) is 5.32 Å². The number of piperazine rings is 1. The first kappa shape index (κ1) is 21.8. The fraction of sp³-hybridized carbons (Fsp3) is 0.481. The summed E-state index contributed by atoms with van der Waals surface area (Å²) in [6.07, 6.45) is 2.38. The molecule has 172 valence electrons. The maximum absolute atomic E-state index is 12.9. The van der Waals surface area contributed by atoms with Crippen molar-refractivity contribution >= 4 is 23.0 Å². The molecule has 0 spiro atoms. The first-order valence-corrected chi connectivity index (χ1v) is 12.1. The molecule has 2 aromatic carbocycles. The normalized spacial score (nSPS) is 27.0. The van der Waals surface area contributed by atoms with Gasteiger partial charge in [-0.1, -0.05) is 6.92 Å². The Bertz CT molecular complexity index is 1070. The molecule has 3 aliphatic rings. The second kappa shape index (κ2) is 8.72. The van der Waals surface area contributed by atoms with Crippen molar-refractivity contribution in [3.8, 4) is 6.07 Å². The maximum atomic E-state index is 12.9. The second-order valence-corrected chi connectivity index (χ2v) is 9.93. The Kier molecular flexibility index (Phi) is 5.76. The molecule has 2 heterocycles. The van der Waals surface area contributed by atoms with Gasteiger partial charge in [-0.15, -0.1) is 0 Å². The Hall–Kier alpha value is -3.04. The molecule has 1 aliphatic carbocycles. The zero-order valence-corrected chi connectivity index (χ0v) is 19.7. The third-order valence-electron chi connectivity index (χ3n) is 7.48. The van der Waals surface area contributed by atoms with Crippen LogP contribution in [0.4, 0.5) is 17.1 Å². The summed E-state index contributed by atoms with van der Waals surface area (Å²) in [4.78, 5) is 17.4. The third kappa shape index (κ3) is 4.18. The number of anilines is 3. The van der Waals surface area contributed by atoms with Crippen LogP contribution in [0, 0.1) is 23.2 Å². The van der Waals surface area contributed by atoms with E-state index in [2.05, 4.69) is 58.5 Å². The van der Waals surface area contributed by atoms with Crippen LogP contribution < -0.4 is 20.4 Å². The van der Waals surface area contributed by atoms with E-state index in [1.165, 1.54) is 24.1 Å². The van der Waals surface area contributed by atoms with E-state index >= 15 is 0 Å². The molecule has 5 rings (SSSR count). The fourth-order valence-electron chi connectivity index (χ4n) is 5.74. The summed E-state index contributed by atoms with van der Waals surface area (Å²) in [5, 5.41) is 16.5. The molecule has 3 unspecified atom stereocenters. The predicted octanol–water partition coefficient (Wildman–Crippen LogP) is 4.29. The highest BCUT2D eigenvalue weighted by Gasteiger charge is 2.47. The number of fused-ring (bicyclic) bond motifs is 1. The smallest absolute Gasteiger partial charge is 0.224 e. The van der Waals surface area contributed by atoms with Gasteiger partial charge >= 0.3 is 0 Å². The van der Waals surface area contributed by atoms with Crippen LogP contribution in [0.15, 0.2) is 42.5 Å². The maximum Gasteiger partial charge on any atom is 0.224 e. The van der Waals surface area contributed by atoms with E-state index in [0.717, 1.165) is 31.0 Å². The average molecular weight is 444 g/mol. The highest BCUT2D eigenvalue weighted by atomic mass is 16.2. The number of benzene rings is 2. The van der Waals surface area contributed by atoms with Gasteiger partial charge in [0.15, 0.2) is 0 Å². The minimum absolute atomic E-state index is 0.0921. The van der Waals surface area contributed by atoms with Crippen LogP contribution in [0.5, 0.6) is 0 Å². The standard InChI is InChI=1S/C27H33N5O/c1-17-16-31(13-12-29-17)23-10-11-25-24(14-23)26(30-22-8-4-20(15-28)5-9-22)18(2)27(21-6-7-21)32(25)19(3)33/h4-5,8-11,14,17-18,21,26-27,29-30H,6-7,12-13,16H2,1-3H3/t17-,18?,26?,27?/m1/s1. The minimum atomic E-state index is 0.0921. The lowest BCUT2D eigenvalue weighted by Crippen LogP contribution is -2.51. The molecule has 2 aliphatic heterocycles. The number of carbonyl (C=O) groups excluding carboxylic acids is 1. The first-order valence-electron chi connectivity index (χ1n) is 12.1. The van der Waals surface area contributed by atoms with E-state index in [1.54, 1.807) is 6.92 Å². The summed E-state index contributed by atoms with van der Waals surface area (Å²) >= 11 is 0. The molecule has 33 heavy (non-hydrogen) atoms. The Morgan fingerprint density at radius 2 is 1.91 bits per heavy atom. The predicted molar refractivity (Wildman–Crippen MR) is 132 cm³/mol. The number of carbonyl (C=O) groups is 1. The van der Waals surface area contributed by atoms with E-state index < -0.39 is 0 Å². The summed E-state index contributed by atoms with van der Waals surface area (Å²) in [6, 6.07) is 17.3. The molecule has 6 heteroatoms. The monoisotopic (exact) mass is 443 g/mol. The molecule has 0 aromatic heterocycles. The van der Waals surface area contributed by atoms with Crippen molar-refractivity contribution in [2.75, 3.05) is 34.8 Å². The molecule has 1 saturated heterocycles.